The molecule has 6 nitrogen and oxygen atoms in total. The Labute approximate surface area is 177 Å². The molecule has 1 aliphatic rings. The van der Waals surface area contributed by atoms with Gasteiger partial charge >= 0.3 is 0 Å². The van der Waals surface area contributed by atoms with Crippen molar-refractivity contribution >= 4 is 11.9 Å². The second-order valence-electron chi connectivity index (χ2n) is 7.54. The highest BCUT2D eigenvalue weighted by Gasteiger charge is 2.26. The van der Waals surface area contributed by atoms with E-state index in [1.807, 2.05) is 43.0 Å². The minimum Gasteiger partial charge on any atom is -0.372 e. The highest BCUT2D eigenvalue weighted by atomic mass is 19.1. The Kier molecular flexibility index (Phi) is 7.41. The molecule has 1 fully saturated rings. The van der Waals surface area contributed by atoms with Crippen LogP contribution >= 0.6 is 0 Å². The zero-order chi connectivity index (χ0) is 21.5. The number of benzene rings is 2. The van der Waals surface area contributed by atoms with Crippen LogP contribution in [0.1, 0.15) is 35.3 Å². The molecule has 160 valence electrons. The predicted molar refractivity (Wildman–Crippen MR) is 116 cm³/mol. The average molecular weight is 413 g/mol. The average Bonchev–Trinajstić information content (AvgIpc) is 2.74. The smallest absolute Gasteiger partial charge is 0.254 e. The minimum absolute atomic E-state index is 0.0267. The molecule has 0 aromatic heterocycles. The van der Waals surface area contributed by atoms with E-state index in [4.69, 9.17) is 4.74 Å². The summed E-state index contributed by atoms with van der Waals surface area (Å²) in [6.45, 7) is 6.07. The molecule has 30 heavy (non-hydrogen) atoms. The molecule has 0 saturated carbocycles. The molecule has 7 heteroatoms. The number of ether oxygens (including phenoxy) is 1. The normalized spacial score (nSPS) is 19.5. The second-order valence-corrected chi connectivity index (χ2v) is 7.54. The Morgan fingerprint density at radius 3 is 2.33 bits per heavy atom. The van der Waals surface area contributed by atoms with Gasteiger partial charge in [0.1, 0.15) is 5.82 Å². The fraction of sp³-hybridized carbons (Fsp3) is 0.391. The lowest BCUT2D eigenvalue weighted by Crippen LogP contribution is -2.48. The third-order valence-electron chi connectivity index (χ3n) is 5.00. The molecular weight excluding hydrogens is 383 g/mol. The molecule has 0 radical (unpaired) electrons. The molecule has 1 amide bonds. The van der Waals surface area contributed by atoms with Gasteiger partial charge in [-0.25, -0.2) is 4.39 Å². The van der Waals surface area contributed by atoms with Crippen molar-refractivity contribution in [3.05, 3.63) is 71.0 Å². The first-order valence-corrected chi connectivity index (χ1v) is 10.2. The third-order valence-corrected chi connectivity index (χ3v) is 5.00. The number of nitrogens with one attached hydrogen (secondary N) is 2. The van der Waals surface area contributed by atoms with E-state index in [0.29, 0.717) is 43.3 Å². The molecule has 2 atom stereocenters. The number of rotatable bonds is 5. The van der Waals surface area contributed by atoms with Gasteiger partial charge in [0.15, 0.2) is 5.96 Å². The maximum atomic E-state index is 13.7. The van der Waals surface area contributed by atoms with E-state index in [9.17, 15) is 9.18 Å². The van der Waals surface area contributed by atoms with Crippen LogP contribution in [0, 0.1) is 5.82 Å². The van der Waals surface area contributed by atoms with Crippen LogP contribution in [-0.2, 0) is 17.8 Å². The van der Waals surface area contributed by atoms with Crippen LogP contribution in [0.2, 0.25) is 0 Å². The molecule has 0 aliphatic carbocycles. The number of amides is 1. The fourth-order valence-electron chi connectivity index (χ4n) is 3.52. The van der Waals surface area contributed by atoms with Crippen LogP contribution in [-0.4, -0.2) is 49.1 Å². The van der Waals surface area contributed by atoms with Crippen LogP contribution < -0.4 is 10.6 Å². The summed E-state index contributed by atoms with van der Waals surface area (Å²) in [6, 6.07) is 14.2. The first-order chi connectivity index (χ1) is 14.5. The quantitative estimate of drug-likeness (QED) is 0.585. The van der Waals surface area contributed by atoms with Gasteiger partial charge in [-0.05, 0) is 37.6 Å². The van der Waals surface area contributed by atoms with Gasteiger partial charge in [-0.3, -0.25) is 9.79 Å². The van der Waals surface area contributed by atoms with E-state index in [0.717, 1.165) is 5.56 Å². The lowest BCUT2D eigenvalue weighted by atomic mass is 10.1. The number of halogens is 1. The number of carbonyl (C=O) groups excluding carboxylic acids is 1. The van der Waals surface area contributed by atoms with E-state index < -0.39 is 0 Å². The number of morpholine rings is 1. The van der Waals surface area contributed by atoms with Crippen LogP contribution in [0.3, 0.4) is 0 Å². The fourth-order valence-corrected chi connectivity index (χ4v) is 3.52. The van der Waals surface area contributed by atoms with E-state index in [-0.39, 0.29) is 23.9 Å². The van der Waals surface area contributed by atoms with Gasteiger partial charge in [-0.1, -0.05) is 30.3 Å². The third kappa shape index (κ3) is 5.79. The van der Waals surface area contributed by atoms with Crippen molar-refractivity contribution in [3.8, 4) is 0 Å². The summed E-state index contributed by atoms with van der Waals surface area (Å²) in [5.74, 6) is 0.360. The number of nitrogens with zero attached hydrogens (tertiary/aromatic N) is 2. The number of aliphatic imine (C=N–C) groups is 1. The highest BCUT2D eigenvalue weighted by molar-refractivity contribution is 5.94. The van der Waals surface area contributed by atoms with Gasteiger partial charge in [0.25, 0.3) is 5.91 Å². The largest absolute Gasteiger partial charge is 0.372 e. The Bertz CT molecular complexity index is 875. The summed E-state index contributed by atoms with van der Waals surface area (Å²) in [5.41, 5.74) is 2.27. The van der Waals surface area contributed by atoms with Crippen molar-refractivity contribution in [3.63, 3.8) is 0 Å². The lowest BCUT2D eigenvalue weighted by Gasteiger charge is -2.35. The van der Waals surface area contributed by atoms with E-state index in [1.165, 1.54) is 6.07 Å². The number of guanidine groups is 1. The Balaban J connectivity index is 1.52. The van der Waals surface area contributed by atoms with Crippen LogP contribution in [0.15, 0.2) is 53.5 Å². The van der Waals surface area contributed by atoms with Gasteiger partial charge in [0.2, 0.25) is 0 Å². The summed E-state index contributed by atoms with van der Waals surface area (Å²) in [4.78, 5) is 18.8. The number of carbonyl (C=O) groups is 1. The minimum atomic E-state index is -0.246. The Hall–Kier alpha value is -2.93. The molecule has 2 aromatic rings. The first-order valence-electron chi connectivity index (χ1n) is 10.2. The van der Waals surface area contributed by atoms with Gasteiger partial charge in [0, 0.05) is 44.4 Å². The molecule has 1 saturated heterocycles. The first kappa shape index (κ1) is 21.8. The van der Waals surface area contributed by atoms with Crippen molar-refractivity contribution in [1.82, 2.24) is 15.5 Å². The summed E-state index contributed by atoms with van der Waals surface area (Å²) < 4.78 is 19.4. The molecule has 2 unspecified atom stereocenters. The van der Waals surface area contributed by atoms with Crippen LogP contribution in [0.25, 0.3) is 0 Å². The van der Waals surface area contributed by atoms with E-state index in [1.54, 1.807) is 25.2 Å². The van der Waals surface area contributed by atoms with Crippen molar-refractivity contribution < 1.29 is 13.9 Å². The summed E-state index contributed by atoms with van der Waals surface area (Å²) >= 11 is 0. The molecule has 2 N–H and O–H groups in total. The molecule has 1 aliphatic heterocycles. The van der Waals surface area contributed by atoms with Crippen LogP contribution in [0.5, 0.6) is 0 Å². The van der Waals surface area contributed by atoms with Gasteiger partial charge in [-0.15, -0.1) is 0 Å². The molecule has 2 aromatic carbocycles. The maximum Gasteiger partial charge on any atom is 0.254 e. The standard InChI is InChI=1S/C23H29FN4O2/c1-16-14-28(15-17(2)30-16)22(29)19-10-8-18(9-11-19)12-26-23(25-3)27-13-20-6-4-5-7-21(20)24/h4-11,16-17H,12-15H2,1-3H3,(H2,25,26,27). The van der Waals surface area contributed by atoms with Crippen molar-refractivity contribution in [2.45, 2.75) is 39.1 Å². The highest BCUT2D eigenvalue weighted by Crippen LogP contribution is 2.15. The molecular formula is C23H29FN4O2. The Morgan fingerprint density at radius 2 is 1.70 bits per heavy atom. The molecule has 0 spiro atoms. The molecule has 3 rings (SSSR count). The lowest BCUT2D eigenvalue weighted by molar-refractivity contribution is -0.0586. The predicted octanol–water partition coefficient (Wildman–Crippen LogP) is 2.94. The van der Waals surface area contributed by atoms with Crippen molar-refractivity contribution in [2.24, 2.45) is 4.99 Å². The molecule has 1 heterocycles. The molecule has 0 bridgehead atoms. The Morgan fingerprint density at radius 1 is 1.07 bits per heavy atom. The number of hydrogen-bond acceptors (Lipinski definition) is 3. The van der Waals surface area contributed by atoms with Crippen molar-refractivity contribution in [2.75, 3.05) is 20.1 Å². The zero-order valence-corrected chi connectivity index (χ0v) is 17.7. The van der Waals surface area contributed by atoms with Crippen LogP contribution in [0.4, 0.5) is 4.39 Å². The topological polar surface area (TPSA) is 66.0 Å². The summed E-state index contributed by atoms with van der Waals surface area (Å²) in [6.07, 6.45) is 0.0922. The van der Waals surface area contributed by atoms with E-state index in [2.05, 4.69) is 15.6 Å². The summed E-state index contributed by atoms with van der Waals surface area (Å²) in [7, 11) is 1.67. The maximum absolute atomic E-state index is 13.7. The second kappa shape index (κ2) is 10.2. The van der Waals surface area contributed by atoms with Gasteiger partial charge < -0.3 is 20.3 Å². The monoisotopic (exact) mass is 412 g/mol. The van der Waals surface area contributed by atoms with Gasteiger partial charge in [0.05, 0.1) is 12.2 Å². The van der Waals surface area contributed by atoms with Gasteiger partial charge in [-0.2, -0.15) is 0 Å². The number of hydrogen-bond donors (Lipinski definition) is 2. The zero-order valence-electron chi connectivity index (χ0n) is 17.7. The summed E-state index contributed by atoms with van der Waals surface area (Å²) in [5, 5.41) is 6.31. The van der Waals surface area contributed by atoms with E-state index >= 15 is 0 Å². The SMILES string of the molecule is CN=C(NCc1ccc(C(=O)N2CC(C)OC(C)C2)cc1)NCc1ccccc1F. The van der Waals surface area contributed by atoms with Crippen molar-refractivity contribution in [1.29, 1.82) is 0 Å².